The molecule has 0 aromatic heterocycles. The lowest BCUT2D eigenvalue weighted by Crippen LogP contribution is -2.20. The van der Waals surface area contributed by atoms with Gasteiger partial charge in [-0.2, -0.15) is 0 Å². The van der Waals surface area contributed by atoms with Gasteiger partial charge in [0.1, 0.15) is 26.5 Å². The van der Waals surface area contributed by atoms with Gasteiger partial charge in [-0.3, -0.25) is 0 Å². The van der Waals surface area contributed by atoms with E-state index in [9.17, 15) is 5.11 Å². The Balaban J connectivity index is 2.48. The first-order chi connectivity index (χ1) is 7.87. The highest BCUT2D eigenvalue weighted by atomic mass is 35.5. The molecule has 0 heterocycles. The molecule has 0 spiro atoms. The fourth-order valence-corrected chi connectivity index (χ4v) is 1.85. The van der Waals surface area contributed by atoms with Crippen molar-refractivity contribution in [3.8, 4) is 17.2 Å². The predicted molar refractivity (Wildman–Crippen MR) is 74.1 cm³/mol. The van der Waals surface area contributed by atoms with Gasteiger partial charge < -0.3 is 9.84 Å². The Labute approximate surface area is 109 Å². The first-order valence-corrected chi connectivity index (χ1v) is 9.34. The zero-order valence-corrected chi connectivity index (χ0v) is 12.1. The number of hydrogen-bond donors (Lipinski definition) is 1. The van der Waals surface area contributed by atoms with Crippen LogP contribution in [0.25, 0.3) is 0 Å². The van der Waals surface area contributed by atoms with E-state index in [1.54, 1.807) is 24.3 Å². The van der Waals surface area contributed by atoms with E-state index in [-0.39, 0.29) is 6.61 Å². The summed E-state index contributed by atoms with van der Waals surface area (Å²) in [5, 5.41) is 10.2. The highest BCUT2D eigenvalue weighted by molar-refractivity contribution is 6.83. The highest BCUT2D eigenvalue weighted by Gasteiger charge is 2.09. The smallest absolute Gasteiger partial charge is 0.147 e. The average Bonchev–Trinajstić information content (AvgIpc) is 2.23. The number of benzene rings is 1. The van der Waals surface area contributed by atoms with Crippen LogP contribution in [0.5, 0.6) is 5.75 Å². The third-order valence-electron chi connectivity index (χ3n) is 1.82. The molecule has 0 aliphatic carbocycles. The van der Waals surface area contributed by atoms with Crippen molar-refractivity contribution in [1.82, 2.24) is 0 Å². The summed E-state index contributed by atoms with van der Waals surface area (Å²) in [5.41, 5.74) is 3.10. The maximum Gasteiger partial charge on any atom is 0.147 e. The Kier molecular flexibility index (Phi) is 5.07. The summed E-state index contributed by atoms with van der Waals surface area (Å²) >= 11 is 5.82. The first-order valence-electron chi connectivity index (χ1n) is 5.46. The van der Waals surface area contributed by atoms with E-state index >= 15 is 0 Å². The van der Waals surface area contributed by atoms with Crippen LogP contribution < -0.4 is 4.74 Å². The molecule has 0 aliphatic heterocycles. The molecule has 2 nitrogen and oxygen atoms in total. The molecule has 1 N–H and O–H groups in total. The lowest BCUT2D eigenvalue weighted by atomic mass is 10.3. The minimum absolute atomic E-state index is 0.165. The van der Waals surface area contributed by atoms with E-state index in [2.05, 4.69) is 31.1 Å². The quantitative estimate of drug-likeness (QED) is 0.675. The second-order valence-corrected chi connectivity index (χ2v) is 9.99. The number of aliphatic hydroxyl groups excluding tert-OH is 1. The summed E-state index contributed by atoms with van der Waals surface area (Å²) in [7, 11) is -1.44. The molecule has 0 saturated carbocycles. The van der Waals surface area contributed by atoms with E-state index in [4.69, 9.17) is 16.3 Å². The monoisotopic (exact) mass is 268 g/mol. The molecule has 1 aromatic carbocycles. The molecule has 4 heteroatoms. The summed E-state index contributed by atoms with van der Waals surface area (Å²) in [6.45, 7) is 6.55. The Bertz CT molecular complexity index is 429. The second-order valence-electron chi connectivity index (χ2n) is 4.80. The van der Waals surface area contributed by atoms with Crippen molar-refractivity contribution in [2.24, 2.45) is 0 Å². The number of halogens is 1. The number of aliphatic hydroxyl groups is 1. The Morgan fingerprint density at radius 3 is 2.71 bits per heavy atom. The third kappa shape index (κ3) is 6.37. The van der Waals surface area contributed by atoms with E-state index in [1.165, 1.54) is 0 Å². The van der Waals surface area contributed by atoms with E-state index in [0.717, 1.165) is 0 Å². The molecule has 1 aromatic rings. The molecule has 92 valence electrons. The molecule has 0 amide bonds. The molecular weight excluding hydrogens is 252 g/mol. The molecule has 17 heavy (non-hydrogen) atoms. The normalized spacial score (nSPS) is 12.5. The fourth-order valence-electron chi connectivity index (χ4n) is 1.07. The van der Waals surface area contributed by atoms with Gasteiger partial charge in [0, 0.05) is 5.02 Å². The van der Waals surface area contributed by atoms with Gasteiger partial charge in [-0.05, 0) is 18.2 Å². The number of ether oxygens (including phenoxy) is 1. The highest BCUT2D eigenvalue weighted by Crippen LogP contribution is 2.17. The summed E-state index contributed by atoms with van der Waals surface area (Å²) < 4.78 is 5.39. The van der Waals surface area contributed by atoms with Crippen LogP contribution in [0, 0.1) is 11.5 Å². The molecule has 0 saturated heterocycles. The topological polar surface area (TPSA) is 29.5 Å². The van der Waals surface area contributed by atoms with Crippen LogP contribution in [0.2, 0.25) is 24.7 Å². The van der Waals surface area contributed by atoms with E-state index < -0.39 is 14.2 Å². The molecule has 0 radical (unpaired) electrons. The van der Waals surface area contributed by atoms with Crippen molar-refractivity contribution in [2.45, 2.75) is 25.7 Å². The van der Waals surface area contributed by atoms with Gasteiger partial charge in [-0.25, -0.2) is 0 Å². The standard InChI is InChI=1S/C13H17ClO2Si/c1-17(2,3)8-7-12(15)10-16-13-6-4-5-11(14)9-13/h4-6,9,12,15H,10H2,1-3H3. The van der Waals surface area contributed by atoms with Gasteiger partial charge in [0.15, 0.2) is 0 Å². The van der Waals surface area contributed by atoms with Crippen LogP contribution in [0.4, 0.5) is 0 Å². The van der Waals surface area contributed by atoms with Gasteiger partial charge in [-0.15, -0.1) is 5.54 Å². The van der Waals surface area contributed by atoms with Crippen LogP contribution in [-0.4, -0.2) is 25.9 Å². The molecule has 1 atom stereocenters. The largest absolute Gasteiger partial charge is 0.490 e. The van der Waals surface area contributed by atoms with Crippen molar-refractivity contribution < 1.29 is 9.84 Å². The van der Waals surface area contributed by atoms with Gasteiger partial charge in [0.2, 0.25) is 0 Å². The summed E-state index contributed by atoms with van der Waals surface area (Å²) in [6.07, 6.45) is -0.749. The zero-order valence-electron chi connectivity index (χ0n) is 10.3. The third-order valence-corrected chi connectivity index (χ3v) is 2.95. The lowest BCUT2D eigenvalue weighted by molar-refractivity contribution is 0.151. The van der Waals surface area contributed by atoms with Crippen LogP contribution in [-0.2, 0) is 0 Å². The summed E-state index contributed by atoms with van der Waals surface area (Å²) in [5.74, 6) is 3.46. The van der Waals surface area contributed by atoms with Crippen molar-refractivity contribution in [3.63, 3.8) is 0 Å². The van der Waals surface area contributed by atoms with Crippen LogP contribution in [0.1, 0.15) is 0 Å². The molecule has 0 fully saturated rings. The molecule has 1 rings (SSSR count). The second kappa shape index (κ2) is 6.11. The molecular formula is C13H17ClO2Si. The minimum Gasteiger partial charge on any atom is -0.490 e. The van der Waals surface area contributed by atoms with Gasteiger partial charge in [-0.1, -0.05) is 43.2 Å². The minimum atomic E-state index is -1.44. The SMILES string of the molecule is C[Si](C)(C)C#CC(O)COc1cccc(Cl)c1. The van der Waals surface area contributed by atoms with Crippen molar-refractivity contribution in [1.29, 1.82) is 0 Å². The van der Waals surface area contributed by atoms with E-state index in [0.29, 0.717) is 10.8 Å². The maximum atomic E-state index is 9.63. The fraction of sp³-hybridized carbons (Fsp3) is 0.385. The van der Waals surface area contributed by atoms with Gasteiger partial charge in [0.05, 0.1) is 0 Å². The molecule has 0 aliphatic rings. The lowest BCUT2D eigenvalue weighted by Gasteiger charge is -2.09. The van der Waals surface area contributed by atoms with Crippen molar-refractivity contribution >= 4 is 19.7 Å². The first kappa shape index (κ1) is 14.1. The number of rotatable bonds is 3. The summed E-state index contributed by atoms with van der Waals surface area (Å²) in [4.78, 5) is 0. The Morgan fingerprint density at radius 1 is 1.41 bits per heavy atom. The number of hydrogen-bond acceptors (Lipinski definition) is 2. The average molecular weight is 269 g/mol. The van der Waals surface area contributed by atoms with Crippen LogP contribution >= 0.6 is 11.6 Å². The predicted octanol–water partition coefficient (Wildman–Crippen LogP) is 2.96. The van der Waals surface area contributed by atoms with Crippen LogP contribution in [0.15, 0.2) is 24.3 Å². The van der Waals surface area contributed by atoms with Crippen LogP contribution in [0.3, 0.4) is 0 Å². The Hall–Kier alpha value is -0.953. The van der Waals surface area contributed by atoms with Crippen molar-refractivity contribution in [3.05, 3.63) is 29.3 Å². The maximum absolute atomic E-state index is 9.63. The zero-order chi connectivity index (χ0) is 12.9. The Morgan fingerprint density at radius 2 is 2.12 bits per heavy atom. The van der Waals surface area contributed by atoms with Crippen molar-refractivity contribution in [2.75, 3.05) is 6.61 Å². The van der Waals surface area contributed by atoms with Gasteiger partial charge in [0.25, 0.3) is 0 Å². The van der Waals surface area contributed by atoms with Gasteiger partial charge >= 0.3 is 0 Å². The summed E-state index contributed by atoms with van der Waals surface area (Å²) in [6, 6.07) is 7.08. The van der Waals surface area contributed by atoms with E-state index in [1.807, 2.05) is 0 Å². The molecule has 1 unspecified atom stereocenters. The molecule has 0 bridgehead atoms.